The molecule has 0 saturated carbocycles. The van der Waals surface area contributed by atoms with E-state index < -0.39 is 0 Å². The zero-order valence-electron chi connectivity index (χ0n) is 15.2. The molecule has 0 aliphatic rings. The highest BCUT2D eigenvalue weighted by molar-refractivity contribution is 8.00. The highest BCUT2D eigenvalue weighted by atomic mass is 32.2. The minimum absolute atomic E-state index is 0.112. The number of H-pyrrole nitrogens is 1. The number of thioether (sulfide) groups is 1. The van der Waals surface area contributed by atoms with Crippen molar-refractivity contribution in [2.75, 3.05) is 5.32 Å². The first-order chi connectivity index (χ1) is 11.9. The van der Waals surface area contributed by atoms with Gasteiger partial charge in [-0.3, -0.25) is 9.59 Å². The summed E-state index contributed by atoms with van der Waals surface area (Å²) < 4.78 is 0. The lowest BCUT2D eigenvalue weighted by molar-refractivity contribution is -0.115. The van der Waals surface area contributed by atoms with Gasteiger partial charge in [0.15, 0.2) is 5.16 Å². The topological polar surface area (TPSA) is 74.8 Å². The number of amides is 1. The monoisotopic (exact) mass is 359 g/mol. The fraction of sp³-hybridized carbons (Fsp3) is 0.421. The van der Waals surface area contributed by atoms with Crippen molar-refractivity contribution in [1.29, 1.82) is 0 Å². The number of aromatic nitrogens is 2. The number of aromatic amines is 1. The Hall–Kier alpha value is -2.08. The summed E-state index contributed by atoms with van der Waals surface area (Å²) in [4.78, 5) is 31.4. The Labute approximate surface area is 152 Å². The summed E-state index contributed by atoms with van der Waals surface area (Å²) in [5.41, 5.74) is 3.59. The largest absolute Gasteiger partial charge is 0.325 e. The lowest BCUT2D eigenvalue weighted by atomic mass is 10.1. The third-order valence-electron chi connectivity index (χ3n) is 3.86. The van der Waals surface area contributed by atoms with Crippen LogP contribution in [0.3, 0.4) is 0 Å². The lowest BCUT2D eigenvalue weighted by Gasteiger charge is -2.13. The molecule has 1 aromatic heterocycles. The number of rotatable bonds is 7. The van der Waals surface area contributed by atoms with E-state index in [1.165, 1.54) is 17.8 Å². The van der Waals surface area contributed by atoms with Gasteiger partial charge in [0.2, 0.25) is 5.91 Å². The molecule has 1 aromatic carbocycles. The molecule has 0 bridgehead atoms. The predicted molar refractivity (Wildman–Crippen MR) is 103 cm³/mol. The van der Waals surface area contributed by atoms with Crippen molar-refractivity contribution in [2.45, 2.75) is 57.4 Å². The minimum atomic E-state index is -0.370. The highest BCUT2D eigenvalue weighted by Gasteiger charge is 2.17. The van der Waals surface area contributed by atoms with Crippen molar-refractivity contribution in [1.82, 2.24) is 9.97 Å². The molecule has 1 atom stereocenters. The van der Waals surface area contributed by atoms with E-state index in [1.54, 1.807) is 0 Å². The third kappa shape index (κ3) is 5.74. The summed E-state index contributed by atoms with van der Waals surface area (Å²) in [6.45, 7) is 7.89. The summed E-state index contributed by atoms with van der Waals surface area (Å²) in [6, 6.07) is 7.44. The molecule has 1 unspecified atom stereocenters. The maximum Gasteiger partial charge on any atom is 0.251 e. The standard InChI is InChI=1S/C19H25N3O2S/c1-5-6-7-15-11-17(23)22-19(20-15)25-14(4)18(24)21-16-9-8-12(2)10-13(16)3/h8-11,14H,5-7H2,1-4H3,(H,21,24)(H,20,22,23). The number of anilines is 1. The van der Waals surface area contributed by atoms with Gasteiger partial charge in [0, 0.05) is 17.4 Å². The molecule has 25 heavy (non-hydrogen) atoms. The lowest BCUT2D eigenvalue weighted by Crippen LogP contribution is -2.23. The first-order valence-electron chi connectivity index (χ1n) is 8.54. The number of aryl methyl sites for hydroxylation is 3. The van der Waals surface area contributed by atoms with Crippen LogP contribution >= 0.6 is 11.8 Å². The van der Waals surface area contributed by atoms with Crippen molar-refractivity contribution in [3.05, 3.63) is 51.4 Å². The van der Waals surface area contributed by atoms with Crippen LogP contribution in [0.2, 0.25) is 0 Å². The summed E-state index contributed by atoms with van der Waals surface area (Å²) in [6.07, 6.45) is 2.81. The van der Waals surface area contributed by atoms with Crippen LogP contribution in [0.25, 0.3) is 0 Å². The maximum atomic E-state index is 12.4. The molecule has 5 nitrogen and oxygen atoms in total. The van der Waals surface area contributed by atoms with Gasteiger partial charge >= 0.3 is 0 Å². The second-order valence-corrected chi connectivity index (χ2v) is 7.54. The first kappa shape index (κ1) is 19.2. The van der Waals surface area contributed by atoms with E-state index in [-0.39, 0.29) is 16.7 Å². The minimum Gasteiger partial charge on any atom is -0.325 e. The van der Waals surface area contributed by atoms with Crippen molar-refractivity contribution in [2.24, 2.45) is 0 Å². The second-order valence-electron chi connectivity index (χ2n) is 6.21. The molecule has 1 heterocycles. The number of carbonyl (C=O) groups is 1. The van der Waals surface area contributed by atoms with Gasteiger partial charge in [-0.05, 0) is 45.2 Å². The number of benzene rings is 1. The van der Waals surface area contributed by atoms with Crippen LogP contribution in [0.5, 0.6) is 0 Å². The molecule has 1 amide bonds. The van der Waals surface area contributed by atoms with Crippen molar-refractivity contribution in [3.8, 4) is 0 Å². The molecule has 134 valence electrons. The van der Waals surface area contributed by atoms with Crippen LogP contribution in [-0.2, 0) is 11.2 Å². The molecule has 0 radical (unpaired) electrons. The van der Waals surface area contributed by atoms with Crippen LogP contribution in [0.15, 0.2) is 34.2 Å². The number of unbranched alkanes of at least 4 members (excludes halogenated alkanes) is 1. The molecule has 6 heteroatoms. The molecule has 2 aromatic rings. The van der Waals surface area contributed by atoms with E-state index in [1.807, 2.05) is 39.0 Å². The van der Waals surface area contributed by atoms with Gasteiger partial charge in [-0.25, -0.2) is 4.98 Å². The number of nitrogens with one attached hydrogen (secondary N) is 2. The number of hydrogen-bond acceptors (Lipinski definition) is 4. The molecule has 2 N–H and O–H groups in total. The Morgan fingerprint density at radius 3 is 2.76 bits per heavy atom. The molecule has 0 fully saturated rings. The van der Waals surface area contributed by atoms with Gasteiger partial charge in [-0.1, -0.05) is 42.8 Å². The first-order valence-corrected chi connectivity index (χ1v) is 9.42. The van der Waals surface area contributed by atoms with Crippen molar-refractivity contribution in [3.63, 3.8) is 0 Å². The fourth-order valence-corrected chi connectivity index (χ4v) is 3.26. The van der Waals surface area contributed by atoms with E-state index in [9.17, 15) is 9.59 Å². The summed E-state index contributed by atoms with van der Waals surface area (Å²) in [5, 5.41) is 3.06. The van der Waals surface area contributed by atoms with Gasteiger partial charge < -0.3 is 10.3 Å². The van der Waals surface area contributed by atoms with Crippen molar-refractivity contribution < 1.29 is 4.79 Å². The quantitative estimate of drug-likeness (QED) is 0.582. The molecule has 0 aliphatic carbocycles. The van der Waals surface area contributed by atoms with Crippen LogP contribution in [0, 0.1) is 13.8 Å². The maximum absolute atomic E-state index is 12.4. The van der Waals surface area contributed by atoms with E-state index in [0.717, 1.165) is 41.8 Å². The molecular weight excluding hydrogens is 334 g/mol. The van der Waals surface area contributed by atoms with Crippen molar-refractivity contribution >= 4 is 23.4 Å². The summed E-state index contributed by atoms with van der Waals surface area (Å²) in [7, 11) is 0. The van der Waals surface area contributed by atoms with E-state index >= 15 is 0 Å². The Balaban J connectivity index is 2.05. The van der Waals surface area contributed by atoms with Gasteiger partial charge in [0.25, 0.3) is 5.56 Å². The smallest absolute Gasteiger partial charge is 0.251 e. The molecular formula is C19H25N3O2S. The summed E-state index contributed by atoms with van der Waals surface area (Å²) in [5.74, 6) is -0.112. The van der Waals surface area contributed by atoms with Gasteiger partial charge in [0.1, 0.15) is 0 Å². The zero-order valence-corrected chi connectivity index (χ0v) is 16.0. The van der Waals surface area contributed by atoms with E-state index in [2.05, 4.69) is 22.2 Å². The van der Waals surface area contributed by atoms with Crippen LogP contribution in [0.1, 0.15) is 43.5 Å². The van der Waals surface area contributed by atoms with Gasteiger partial charge in [0.05, 0.1) is 5.25 Å². The average molecular weight is 359 g/mol. The van der Waals surface area contributed by atoms with E-state index in [0.29, 0.717) is 5.16 Å². The summed E-state index contributed by atoms with van der Waals surface area (Å²) >= 11 is 1.26. The normalized spacial score (nSPS) is 12.0. The van der Waals surface area contributed by atoms with E-state index in [4.69, 9.17) is 0 Å². The number of hydrogen-bond donors (Lipinski definition) is 2. The number of nitrogens with zero attached hydrogens (tertiary/aromatic N) is 1. The fourth-order valence-electron chi connectivity index (χ4n) is 2.43. The Bertz CT molecular complexity index is 801. The van der Waals surface area contributed by atoms with Crippen LogP contribution < -0.4 is 10.9 Å². The molecule has 0 spiro atoms. The predicted octanol–water partition coefficient (Wildman–Crippen LogP) is 3.85. The molecule has 0 saturated heterocycles. The average Bonchev–Trinajstić information content (AvgIpc) is 2.54. The second kappa shape index (κ2) is 8.85. The number of carbonyl (C=O) groups excluding carboxylic acids is 1. The third-order valence-corrected chi connectivity index (χ3v) is 4.84. The van der Waals surface area contributed by atoms with Gasteiger partial charge in [-0.15, -0.1) is 0 Å². The highest BCUT2D eigenvalue weighted by Crippen LogP contribution is 2.22. The molecule has 0 aliphatic heterocycles. The Kier molecular flexibility index (Phi) is 6.82. The van der Waals surface area contributed by atoms with Gasteiger partial charge in [-0.2, -0.15) is 0 Å². The SMILES string of the molecule is CCCCc1cc(=O)[nH]c(SC(C)C(=O)Nc2ccc(C)cc2C)n1. The Morgan fingerprint density at radius 1 is 1.32 bits per heavy atom. The Morgan fingerprint density at radius 2 is 2.08 bits per heavy atom. The zero-order chi connectivity index (χ0) is 18.4. The van der Waals surface area contributed by atoms with Crippen LogP contribution in [0.4, 0.5) is 5.69 Å². The van der Waals surface area contributed by atoms with Crippen LogP contribution in [-0.4, -0.2) is 21.1 Å². The molecule has 2 rings (SSSR count).